The summed E-state index contributed by atoms with van der Waals surface area (Å²) in [5.74, 6) is 1.92. The fraction of sp³-hybridized carbons (Fsp3) is 0.214. The quantitative estimate of drug-likeness (QED) is 0.813. The van der Waals surface area contributed by atoms with Gasteiger partial charge in [-0.05, 0) is 24.3 Å². The Morgan fingerprint density at radius 3 is 2.72 bits per heavy atom. The minimum atomic E-state index is -0.309. The number of hydrogen-bond acceptors (Lipinski definition) is 4. The summed E-state index contributed by atoms with van der Waals surface area (Å²) in [5.41, 5.74) is 1.15. The summed E-state index contributed by atoms with van der Waals surface area (Å²) < 4.78 is 15.8. The highest BCUT2D eigenvalue weighted by molar-refractivity contribution is 5.60. The van der Waals surface area contributed by atoms with Crippen molar-refractivity contribution in [2.45, 2.75) is 6.42 Å². The maximum Gasteiger partial charge on any atom is 0.343 e. The van der Waals surface area contributed by atoms with Gasteiger partial charge < -0.3 is 13.9 Å². The third kappa shape index (κ3) is 1.76. The Labute approximate surface area is 104 Å². The first-order valence-corrected chi connectivity index (χ1v) is 5.72. The van der Waals surface area contributed by atoms with Crippen LogP contribution in [0.5, 0.6) is 11.5 Å². The lowest BCUT2D eigenvalue weighted by atomic mass is 10.1. The van der Waals surface area contributed by atoms with Crippen LogP contribution in [0, 0.1) is 0 Å². The smallest absolute Gasteiger partial charge is 0.343 e. The van der Waals surface area contributed by atoms with Gasteiger partial charge in [0.05, 0.1) is 19.3 Å². The van der Waals surface area contributed by atoms with E-state index in [1.54, 1.807) is 13.2 Å². The average molecular weight is 244 g/mol. The van der Waals surface area contributed by atoms with Crippen LogP contribution in [0.4, 0.5) is 0 Å². The lowest BCUT2D eigenvalue weighted by Gasteiger charge is -2.04. The molecule has 0 unspecified atom stereocenters. The van der Waals surface area contributed by atoms with E-state index in [0.29, 0.717) is 30.1 Å². The number of fused-ring (bicyclic) bond motifs is 1. The van der Waals surface area contributed by atoms with E-state index < -0.39 is 0 Å². The lowest BCUT2D eigenvalue weighted by molar-refractivity contribution is 0.356. The first kappa shape index (κ1) is 10.9. The van der Waals surface area contributed by atoms with E-state index in [-0.39, 0.29) is 5.63 Å². The molecule has 0 saturated heterocycles. The van der Waals surface area contributed by atoms with Gasteiger partial charge in [-0.2, -0.15) is 0 Å². The van der Waals surface area contributed by atoms with E-state index in [1.807, 2.05) is 24.3 Å². The SMILES string of the molecule is COc1ccc(-c2cc3c(c(=O)o2)CCO3)cc1. The predicted octanol–water partition coefficient (Wildman–Crippen LogP) is 2.25. The molecule has 0 fully saturated rings. The lowest BCUT2D eigenvalue weighted by Crippen LogP contribution is -2.04. The van der Waals surface area contributed by atoms with Crippen LogP contribution in [0.2, 0.25) is 0 Å². The molecular formula is C14H12O4. The zero-order chi connectivity index (χ0) is 12.5. The molecule has 0 amide bonds. The van der Waals surface area contributed by atoms with Gasteiger partial charge in [0.25, 0.3) is 0 Å². The summed E-state index contributed by atoms with van der Waals surface area (Å²) in [5, 5.41) is 0. The van der Waals surface area contributed by atoms with Crippen molar-refractivity contribution in [2.75, 3.05) is 13.7 Å². The van der Waals surface area contributed by atoms with Crippen LogP contribution in [0.15, 0.2) is 39.5 Å². The molecule has 1 aromatic heterocycles. The first-order chi connectivity index (χ1) is 8.78. The molecule has 0 spiro atoms. The van der Waals surface area contributed by atoms with Crippen LogP contribution >= 0.6 is 0 Å². The van der Waals surface area contributed by atoms with Crippen LogP contribution in [0.25, 0.3) is 11.3 Å². The van der Waals surface area contributed by atoms with E-state index in [4.69, 9.17) is 13.9 Å². The monoisotopic (exact) mass is 244 g/mol. The zero-order valence-corrected chi connectivity index (χ0v) is 9.93. The Morgan fingerprint density at radius 1 is 1.22 bits per heavy atom. The number of benzene rings is 1. The largest absolute Gasteiger partial charge is 0.497 e. The maximum atomic E-state index is 11.8. The van der Waals surface area contributed by atoms with Crippen molar-refractivity contribution in [3.63, 3.8) is 0 Å². The number of rotatable bonds is 2. The molecule has 1 aliphatic heterocycles. The van der Waals surface area contributed by atoms with Gasteiger partial charge in [-0.3, -0.25) is 0 Å². The van der Waals surface area contributed by atoms with Crippen LogP contribution in [-0.4, -0.2) is 13.7 Å². The Balaban J connectivity index is 2.06. The third-order valence-corrected chi connectivity index (χ3v) is 2.99. The van der Waals surface area contributed by atoms with Crippen LogP contribution < -0.4 is 15.1 Å². The molecule has 4 heteroatoms. The Morgan fingerprint density at radius 2 is 2.00 bits per heavy atom. The van der Waals surface area contributed by atoms with E-state index >= 15 is 0 Å². The normalized spacial score (nSPS) is 12.9. The molecule has 18 heavy (non-hydrogen) atoms. The van der Waals surface area contributed by atoms with Gasteiger partial charge in [0.1, 0.15) is 17.3 Å². The van der Waals surface area contributed by atoms with Crippen LogP contribution in [0.1, 0.15) is 5.56 Å². The topological polar surface area (TPSA) is 48.7 Å². The van der Waals surface area contributed by atoms with Gasteiger partial charge in [-0.1, -0.05) is 0 Å². The van der Waals surface area contributed by atoms with Crippen molar-refractivity contribution in [3.8, 4) is 22.8 Å². The van der Waals surface area contributed by atoms with E-state index in [2.05, 4.69) is 0 Å². The molecule has 0 atom stereocenters. The van der Waals surface area contributed by atoms with Gasteiger partial charge in [0.2, 0.25) is 0 Å². The molecule has 1 aromatic carbocycles. The van der Waals surface area contributed by atoms with Gasteiger partial charge >= 0.3 is 5.63 Å². The average Bonchev–Trinajstić information content (AvgIpc) is 2.88. The fourth-order valence-electron chi connectivity index (χ4n) is 2.01. The molecule has 3 rings (SSSR count). The highest BCUT2D eigenvalue weighted by Crippen LogP contribution is 2.29. The summed E-state index contributed by atoms with van der Waals surface area (Å²) in [6.07, 6.45) is 0.626. The molecule has 0 aliphatic carbocycles. The molecule has 92 valence electrons. The van der Waals surface area contributed by atoms with Gasteiger partial charge in [0, 0.05) is 18.1 Å². The number of methoxy groups -OCH3 is 1. The maximum absolute atomic E-state index is 11.8. The van der Waals surface area contributed by atoms with Crippen LogP contribution in [-0.2, 0) is 6.42 Å². The van der Waals surface area contributed by atoms with E-state index in [0.717, 1.165) is 11.3 Å². The van der Waals surface area contributed by atoms with Crippen LogP contribution in [0.3, 0.4) is 0 Å². The second kappa shape index (κ2) is 4.22. The second-order valence-corrected chi connectivity index (χ2v) is 4.07. The summed E-state index contributed by atoms with van der Waals surface area (Å²) in [4.78, 5) is 11.8. The van der Waals surface area contributed by atoms with Crippen molar-refractivity contribution >= 4 is 0 Å². The molecule has 1 aliphatic rings. The Kier molecular flexibility index (Phi) is 2.55. The first-order valence-electron chi connectivity index (χ1n) is 5.72. The summed E-state index contributed by atoms with van der Waals surface area (Å²) in [6, 6.07) is 9.11. The number of hydrogen-bond donors (Lipinski definition) is 0. The second-order valence-electron chi connectivity index (χ2n) is 4.07. The molecule has 0 radical (unpaired) electrons. The minimum absolute atomic E-state index is 0.309. The zero-order valence-electron chi connectivity index (χ0n) is 9.93. The standard InChI is InChI=1S/C14H12O4/c1-16-10-4-2-9(3-5-10)12-8-13-11(6-7-17-13)14(15)18-12/h2-5,8H,6-7H2,1H3. The highest BCUT2D eigenvalue weighted by atomic mass is 16.5. The highest BCUT2D eigenvalue weighted by Gasteiger charge is 2.19. The van der Waals surface area contributed by atoms with Crippen molar-refractivity contribution in [1.29, 1.82) is 0 Å². The molecule has 0 bridgehead atoms. The van der Waals surface area contributed by atoms with Crippen molar-refractivity contribution in [3.05, 3.63) is 46.3 Å². The third-order valence-electron chi connectivity index (χ3n) is 2.99. The molecular weight excluding hydrogens is 232 g/mol. The van der Waals surface area contributed by atoms with Crippen molar-refractivity contribution < 1.29 is 13.9 Å². The van der Waals surface area contributed by atoms with Crippen molar-refractivity contribution in [2.24, 2.45) is 0 Å². The Hall–Kier alpha value is -2.23. The molecule has 2 aromatic rings. The van der Waals surface area contributed by atoms with E-state index in [9.17, 15) is 4.79 Å². The van der Waals surface area contributed by atoms with Crippen molar-refractivity contribution in [1.82, 2.24) is 0 Å². The number of ether oxygens (including phenoxy) is 2. The minimum Gasteiger partial charge on any atom is -0.497 e. The molecule has 4 nitrogen and oxygen atoms in total. The fourth-order valence-corrected chi connectivity index (χ4v) is 2.01. The van der Waals surface area contributed by atoms with Gasteiger partial charge in [-0.25, -0.2) is 4.79 Å². The molecule has 0 N–H and O–H groups in total. The Bertz CT molecular complexity index is 625. The molecule has 2 heterocycles. The van der Waals surface area contributed by atoms with E-state index in [1.165, 1.54) is 0 Å². The summed E-state index contributed by atoms with van der Waals surface area (Å²) in [6.45, 7) is 0.548. The predicted molar refractivity (Wildman–Crippen MR) is 66.2 cm³/mol. The van der Waals surface area contributed by atoms with Gasteiger partial charge in [0.15, 0.2) is 0 Å². The summed E-state index contributed by atoms with van der Waals surface area (Å²) in [7, 11) is 1.61. The molecule has 0 saturated carbocycles. The van der Waals surface area contributed by atoms with Gasteiger partial charge in [-0.15, -0.1) is 0 Å². The summed E-state index contributed by atoms with van der Waals surface area (Å²) >= 11 is 0.